The maximum Gasteiger partial charge on any atom is 0.338 e. The first-order chi connectivity index (χ1) is 28.6. The molecule has 1 aliphatic heterocycles. The van der Waals surface area contributed by atoms with Crippen LogP contribution in [0.4, 0.5) is 0 Å². The van der Waals surface area contributed by atoms with Gasteiger partial charge >= 0.3 is 23.9 Å². The summed E-state index contributed by atoms with van der Waals surface area (Å²) in [5, 5.41) is 3.19. The number of ether oxygens (including phenoxy) is 6. The fourth-order valence-corrected chi connectivity index (χ4v) is 6.41. The van der Waals surface area contributed by atoms with Crippen molar-refractivity contribution in [3.05, 3.63) is 109 Å². The summed E-state index contributed by atoms with van der Waals surface area (Å²) in [7, 11) is 1.29. The van der Waals surface area contributed by atoms with Gasteiger partial charge in [0.25, 0.3) is 5.91 Å². The van der Waals surface area contributed by atoms with E-state index < -0.39 is 54.3 Å². The van der Waals surface area contributed by atoms with Crippen LogP contribution >= 0.6 is 0 Å². The number of fused-ring (bicyclic) bond motifs is 2. The predicted molar refractivity (Wildman–Crippen MR) is 219 cm³/mol. The van der Waals surface area contributed by atoms with Crippen molar-refractivity contribution in [2.75, 3.05) is 40.1 Å². The lowest BCUT2D eigenvalue weighted by Gasteiger charge is -2.17. The number of benzene rings is 4. The van der Waals surface area contributed by atoms with E-state index in [1.54, 1.807) is 42.5 Å². The Hall–Kier alpha value is -6.50. The maximum atomic E-state index is 13.3. The quantitative estimate of drug-likeness (QED) is 0.0242. The Balaban J connectivity index is 1.09. The Morgan fingerprint density at radius 3 is 1.49 bits per heavy atom. The number of hydrogen-bond acceptors (Lipinski definition) is 12. The van der Waals surface area contributed by atoms with Crippen LogP contribution < -0.4 is 9.47 Å². The van der Waals surface area contributed by atoms with Crippen LogP contribution in [0, 0.1) is 5.92 Å². The molecule has 0 aliphatic carbocycles. The molecule has 0 bridgehead atoms. The van der Waals surface area contributed by atoms with E-state index in [4.69, 9.17) is 28.4 Å². The van der Waals surface area contributed by atoms with Gasteiger partial charge in [0.05, 0.1) is 37.6 Å². The van der Waals surface area contributed by atoms with Gasteiger partial charge in [-0.2, -0.15) is 0 Å². The summed E-state index contributed by atoms with van der Waals surface area (Å²) in [6, 6.07) is 21.0. The average Bonchev–Trinajstić information content (AvgIpc) is 3.45. The molecule has 2 atom stereocenters. The minimum atomic E-state index is -1.47. The molecule has 5 rings (SSSR count). The highest BCUT2D eigenvalue weighted by molar-refractivity contribution is 6.08. The number of esters is 4. The molecule has 1 fully saturated rings. The maximum absolute atomic E-state index is 13.3. The van der Waals surface area contributed by atoms with Crippen LogP contribution in [0.15, 0.2) is 98.1 Å². The van der Waals surface area contributed by atoms with Crippen LogP contribution in [0.2, 0.25) is 0 Å². The number of hydrogen-bond donors (Lipinski definition) is 0. The van der Waals surface area contributed by atoms with Gasteiger partial charge in [-0.1, -0.05) is 37.4 Å². The number of carbonyl (C=O) groups is 6. The molecule has 0 N–H and O–H groups in total. The van der Waals surface area contributed by atoms with E-state index in [1.165, 1.54) is 7.05 Å². The molecule has 1 saturated heterocycles. The van der Waals surface area contributed by atoms with E-state index >= 15 is 0 Å². The number of carbonyl (C=O) groups excluding carboxylic acids is 6. The number of likely N-dealkylation sites (N-methyl/N-ethyl adjacent to an activating group) is 1. The zero-order valence-corrected chi connectivity index (χ0v) is 33.2. The molecule has 0 aromatic heterocycles. The predicted octanol–water partition coefficient (Wildman–Crippen LogP) is 7.33. The zero-order chi connectivity index (χ0) is 42.1. The second-order valence-corrected chi connectivity index (χ2v) is 14.0. The molecular formula is C46H49NO12. The molecule has 310 valence electrons. The molecule has 2 amide bonds. The Kier molecular flexibility index (Phi) is 16.2. The molecule has 13 heteroatoms. The van der Waals surface area contributed by atoms with E-state index in [0.29, 0.717) is 37.9 Å². The minimum absolute atomic E-state index is 0.181. The lowest BCUT2D eigenvalue weighted by molar-refractivity contribution is -0.140. The van der Waals surface area contributed by atoms with Crippen LogP contribution in [0.5, 0.6) is 11.5 Å². The smallest absolute Gasteiger partial charge is 0.338 e. The van der Waals surface area contributed by atoms with Crippen molar-refractivity contribution in [2.24, 2.45) is 5.92 Å². The van der Waals surface area contributed by atoms with E-state index in [1.807, 2.05) is 30.3 Å². The third kappa shape index (κ3) is 12.5. The van der Waals surface area contributed by atoms with E-state index in [0.717, 1.165) is 90.0 Å². The number of amides is 2. The fourth-order valence-electron chi connectivity index (χ4n) is 6.41. The molecular weight excluding hydrogens is 759 g/mol. The van der Waals surface area contributed by atoms with Crippen LogP contribution in [0.3, 0.4) is 0 Å². The number of rotatable bonds is 23. The summed E-state index contributed by atoms with van der Waals surface area (Å²) in [6.07, 6.45) is 7.70. The number of imide groups is 1. The minimum Gasteiger partial charge on any atom is -0.494 e. The molecule has 59 heavy (non-hydrogen) atoms. The highest BCUT2D eigenvalue weighted by atomic mass is 16.6. The van der Waals surface area contributed by atoms with Gasteiger partial charge in [0.1, 0.15) is 24.0 Å². The largest absolute Gasteiger partial charge is 0.494 e. The molecule has 13 nitrogen and oxygen atoms in total. The van der Waals surface area contributed by atoms with Crippen LogP contribution in [-0.4, -0.2) is 86.8 Å². The standard InChI is InChI=1S/C46H49NO12/c1-4-40(48)56-24-12-8-6-10-22-54-37-20-18-31-26-35(16-14-33(31)28-37)45(52)58-30-39-42(44(51)47(3)43(39)50)59-46(53)36-17-15-34-29-38(21-19-32(34)27-36)55-23-11-7-9-13-25-57-41(49)5-2/h4-5,14-21,26-29,39,42H,1-2,6-13,22-25,30H2,3H3/t39-,42-/m0/s1. The van der Waals surface area contributed by atoms with Crippen molar-refractivity contribution in [3.63, 3.8) is 0 Å². The second-order valence-electron chi connectivity index (χ2n) is 14.0. The summed E-state index contributed by atoms with van der Waals surface area (Å²) in [4.78, 5) is 75.6. The Bertz CT molecular complexity index is 2180. The van der Waals surface area contributed by atoms with Gasteiger partial charge in [0.2, 0.25) is 5.91 Å². The molecule has 4 aromatic rings. The van der Waals surface area contributed by atoms with E-state index in [9.17, 15) is 28.8 Å². The summed E-state index contributed by atoms with van der Waals surface area (Å²) < 4.78 is 32.8. The van der Waals surface area contributed by atoms with Gasteiger partial charge < -0.3 is 28.4 Å². The van der Waals surface area contributed by atoms with Crippen molar-refractivity contribution in [2.45, 2.75) is 57.5 Å². The Morgan fingerprint density at radius 1 is 0.559 bits per heavy atom. The first-order valence-electron chi connectivity index (χ1n) is 19.7. The third-order valence-corrected chi connectivity index (χ3v) is 9.75. The average molecular weight is 808 g/mol. The van der Waals surface area contributed by atoms with Gasteiger partial charge in [-0.05, 0) is 121 Å². The summed E-state index contributed by atoms with van der Waals surface area (Å²) in [6.45, 7) is 8.05. The van der Waals surface area contributed by atoms with Crippen molar-refractivity contribution in [3.8, 4) is 11.5 Å². The van der Waals surface area contributed by atoms with Gasteiger partial charge in [-0.15, -0.1) is 0 Å². The van der Waals surface area contributed by atoms with Crippen molar-refractivity contribution < 1.29 is 57.2 Å². The van der Waals surface area contributed by atoms with E-state index in [2.05, 4.69) is 13.2 Å². The normalized spacial score (nSPS) is 14.8. The molecule has 0 radical (unpaired) electrons. The van der Waals surface area contributed by atoms with Crippen molar-refractivity contribution in [1.29, 1.82) is 0 Å². The first kappa shape index (κ1) is 43.6. The Labute approximate surface area is 342 Å². The van der Waals surface area contributed by atoms with Gasteiger partial charge in [0.15, 0.2) is 6.10 Å². The zero-order valence-electron chi connectivity index (χ0n) is 33.2. The highest BCUT2D eigenvalue weighted by Gasteiger charge is 2.49. The van der Waals surface area contributed by atoms with E-state index in [-0.39, 0.29) is 11.1 Å². The molecule has 4 aromatic carbocycles. The summed E-state index contributed by atoms with van der Waals surface area (Å²) in [5.74, 6) is -3.53. The summed E-state index contributed by atoms with van der Waals surface area (Å²) >= 11 is 0. The number of unbranched alkanes of at least 4 members (excludes halogenated alkanes) is 6. The highest BCUT2D eigenvalue weighted by Crippen LogP contribution is 2.28. The lowest BCUT2D eigenvalue weighted by Crippen LogP contribution is -2.33. The van der Waals surface area contributed by atoms with Gasteiger partial charge in [-0.3, -0.25) is 14.5 Å². The number of nitrogens with zero attached hydrogens (tertiary/aromatic N) is 1. The SMILES string of the molecule is C=CC(=O)OCCCCCCOc1ccc2cc(C(=O)OC[C@@H]3C(=O)N(C)C(=O)[C@H]3OC(=O)c3ccc4cc(OCCCCCCOC(=O)C=C)ccc4c3)ccc2c1. The monoisotopic (exact) mass is 807 g/mol. The van der Waals surface area contributed by atoms with Crippen LogP contribution in [0.25, 0.3) is 21.5 Å². The van der Waals surface area contributed by atoms with Crippen molar-refractivity contribution in [1.82, 2.24) is 4.90 Å². The molecule has 0 saturated carbocycles. The number of likely N-dealkylation sites (tertiary alicyclic amines) is 1. The van der Waals surface area contributed by atoms with Crippen molar-refractivity contribution >= 4 is 57.2 Å². The molecule has 0 spiro atoms. The molecule has 1 heterocycles. The third-order valence-electron chi connectivity index (χ3n) is 9.75. The van der Waals surface area contributed by atoms with Gasteiger partial charge in [-0.25, -0.2) is 19.2 Å². The lowest BCUT2D eigenvalue weighted by atomic mass is 10.0. The van der Waals surface area contributed by atoms with Crippen LogP contribution in [-0.2, 0) is 38.1 Å². The molecule has 1 aliphatic rings. The Morgan fingerprint density at radius 2 is 1.00 bits per heavy atom. The molecule has 0 unspecified atom stereocenters. The second kappa shape index (κ2) is 21.9. The van der Waals surface area contributed by atoms with Crippen LogP contribution in [0.1, 0.15) is 72.1 Å². The van der Waals surface area contributed by atoms with Gasteiger partial charge in [0, 0.05) is 19.2 Å². The topological polar surface area (TPSA) is 161 Å². The summed E-state index contributed by atoms with van der Waals surface area (Å²) in [5.41, 5.74) is 0.426. The first-order valence-corrected chi connectivity index (χ1v) is 19.7. The fraction of sp³-hybridized carbons (Fsp3) is 0.348.